The summed E-state index contributed by atoms with van der Waals surface area (Å²) in [4.78, 5) is 0.162. The molecule has 0 saturated heterocycles. The van der Waals surface area contributed by atoms with Crippen molar-refractivity contribution < 1.29 is 17.6 Å². The Labute approximate surface area is 152 Å². The van der Waals surface area contributed by atoms with Gasteiger partial charge in [0.05, 0.1) is 12.0 Å². The van der Waals surface area contributed by atoms with Gasteiger partial charge in [0.2, 0.25) is 21.8 Å². The standard InChI is InChI=1S/C18H19N3O4S/c1-12-11-15(24-3)9-10-16(12)26(22,23)21-17(14-7-5-4-6-8-14)18-20-19-13(2)25-18/h4-11,17,21H,1-3H3. The SMILES string of the molecule is COc1ccc(S(=O)(=O)NC(c2ccccc2)c2nnc(C)o2)c(C)c1. The fraction of sp³-hybridized carbons (Fsp3) is 0.222. The number of hydrogen-bond acceptors (Lipinski definition) is 6. The number of nitrogens with one attached hydrogen (secondary N) is 1. The van der Waals surface area contributed by atoms with E-state index in [0.717, 1.165) is 0 Å². The van der Waals surface area contributed by atoms with Crippen molar-refractivity contribution in [3.8, 4) is 5.75 Å². The molecule has 7 nitrogen and oxygen atoms in total. The molecule has 0 aliphatic heterocycles. The molecule has 0 bridgehead atoms. The molecular formula is C18H19N3O4S. The molecule has 2 aromatic carbocycles. The maximum atomic E-state index is 13.0. The van der Waals surface area contributed by atoms with Gasteiger partial charge in [0.1, 0.15) is 11.8 Å². The first-order chi connectivity index (χ1) is 12.4. The van der Waals surface area contributed by atoms with Crippen molar-refractivity contribution in [1.29, 1.82) is 0 Å². The number of benzene rings is 2. The van der Waals surface area contributed by atoms with Crippen LogP contribution in [0.3, 0.4) is 0 Å². The molecule has 0 spiro atoms. The van der Waals surface area contributed by atoms with Gasteiger partial charge in [-0.3, -0.25) is 0 Å². The Morgan fingerprint density at radius 1 is 1.08 bits per heavy atom. The number of aryl methyl sites for hydroxylation is 2. The maximum absolute atomic E-state index is 13.0. The van der Waals surface area contributed by atoms with Gasteiger partial charge in [0.25, 0.3) is 0 Å². The lowest BCUT2D eigenvalue weighted by Crippen LogP contribution is -2.30. The van der Waals surface area contributed by atoms with Gasteiger partial charge >= 0.3 is 0 Å². The topological polar surface area (TPSA) is 94.3 Å². The van der Waals surface area contributed by atoms with E-state index in [0.29, 0.717) is 22.8 Å². The smallest absolute Gasteiger partial charge is 0.241 e. The lowest BCUT2D eigenvalue weighted by Gasteiger charge is -2.17. The van der Waals surface area contributed by atoms with Gasteiger partial charge in [0, 0.05) is 6.92 Å². The third kappa shape index (κ3) is 3.76. The van der Waals surface area contributed by atoms with E-state index >= 15 is 0 Å². The molecule has 3 aromatic rings. The third-order valence-corrected chi connectivity index (χ3v) is 5.45. The zero-order chi connectivity index (χ0) is 18.7. The molecule has 3 rings (SSSR count). The summed E-state index contributed by atoms with van der Waals surface area (Å²) in [7, 11) is -2.30. The van der Waals surface area contributed by atoms with Gasteiger partial charge in [-0.2, -0.15) is 4.72 Å². The van der Waals surface area contributed by atoms with E-state index < -0.39 is 16.1 Å². The molecule has 0 aliphatic carbocycles. The number of rotatable bonds is 6. The van der Waals surface area contributed by atoms with Crippen LogP contribution >= 0.6 is 0 Å². The molecule has 26 heavy (non-hydrogen) atoms. The Balaban J connectivity index is 2.01. The molecule has 8 heteroatoms. The fourth-order valence-electron chi connectivity index (χ4n) is 2.60. The molecule has 1 atom stereocenters. The molecule has 0 fully saturated rings. The van der Waals surface area contributed by atoms with Crippen molar-refractivity contribution in [1.82, 2.24) is 14.9 Å². The first-order valence-corrected chi connectivity index (χ1v) is 9.41. The molecule has 136 valence electrons. The number of methoxy groups -OCH3 is 1. The van der Waals surface area contributed by atoms with Crippen LogP contribution in [-0.2, 0) is 10.0 Å². The molecule has 1 unspecified atom stereocenters. The van der Waals surface area contributed by atoms with E-state index in [9.17, 15) is 8.42 Å². The van der Waals surface area contributed by atoms with E-state index in [-0.39, 0.29) is 10.8 Å². The van der Waals surface area contributed by atoms with E-state index in [1.54, 1.807) is 38.1 Å². The van der Waals surface area contributed by atoms with Crippen LogP contribution in [0, 0.1) is 13.8 Å². The largest absolute Gasteiger partial charge is 0.497 e. The monoisotopic (exact) mass is 373 g/mol. The van der Waals surface area contributed by atoms with Crippen LogP contribution < -0.4 is 9.46 Å². The van der Waals surface area contributed by atoms with E-state index in [4.69, 9.17) is 9.15 Å². The van der Waals surface area contributed by atoms with Gasteiger partial charge in [-0.25, -0.2) is 8.42 Å². The minimum atomic E-state index is -3.84. The first kappa shape index (κ1) is 18.1. The number of ether oxygens (including phenoxy) is 1. The van der Waals surface area contributed by atoms with Gasteiger partial charge in [-0.05, 0) is 36.2 Å². The molecule has 0 saturated carbocycles. The van der Waals surface area contributed by atoms with Gasteiger partial charge in [0.15, 0.2) is 0 Å². The second kappa shape index (κ2) is 7.27. The van der Waals surface area contributed by atoms with Crippen molar-refractivity contribution in [2.24, 2.45) is 0 Å². The van der Waals surface area contributed by atoms with Crippen molar-refractivity contribution in [3.05, 3.63) is 71.4 Å². The Morgan fingerprint density at radius 2 is 1.81 bits per heavy atom. The lowest BCUT2D eigenvalue weighted by atomic mass is 10.1. The predicted molar refractivity (Wildman–Crippen MR) is 95.4 cm³/mol. The number of aromatic nitrogens is 2. The molecule has 0 radical (unpaired) electrons. The van der Waals surface area contributed by atoms with Gasteiger partial charge < -0.3 is 9.15 Å². The Hall–Kier alpha value is -2.71. The van der Waals surface area contributed by atoms with Crippen LogP contribution in [0.15, 0.2) is 57.8 Å². The molecular weight excluding hydrogens is 354 g/mol. The summed E-state index contributed by atoms with van der Waals surface area (Å²) in [5, 5.41) is 7.79. The second-order valence-electron chi connectivity index (χ2n) is 5.76. The molecule has 1 N–H and O–H groups in total. The van der Waals surface area contributed by atoms with Crippen LogP contribution in [0.2, 0.25) is 0 Å². The van der Waals surface area contributed by atoms with E-state index in [2.05, 4.69) is 14.9 Å². The zero-order valence-electron chi connectivity index (χ0n) is 14.6. The summed E-state index contributed by atoms with van der Waals surface area (Å²) in [6.07, 6.45) is 0. The summed E-state index contributed by atoms with van der Waals surface area (Å²) < 4.78 is 39.2. The van der Waals surface area contributed by atoms with Crippen LogP contribution in [0.5, 0.6) is 5.75 Å². The quantitative estimate of drug-likeness (QED) is 0.714. The fourth-order valence-corrected chi connectivity index (χ4v) is 4.01. The third-order valence-electron chi connectivity index (χ3n) is 3.87. The summed E-state index contributed by atoms with van der Waals surface area (Å²) in [6.45, 7) is 3.37. The highest BCUT2D eigenvalue weighted by Crippen LogP contribution is 2.26. The molecule has 0 aliphatic rings. The van der Waals surface area contributed by atoms with E-state index in [1.165, 1.54) is 13.2 Å². The zero-order valence-corrected chi connectivity index (χ0v) is 15.4. The summed E-state index contributed by atoms with van der Waals surface area (Å²) in [5.41, 5.74) is 1.27. The van der Waals surface area contributed by atoms with Gasteiger partial charge in [-0.1, -0.05) is 30.3 Å². The van der Waals surface area contributed by atoms with Crippen molar-refractivity contribution in [2.45, 2.75) is 24.8 Å². The Kier molecular flexibility index (Phi) is 5.06. The number of nitrogens with zero attached hydrogens (tertiary/aromatic N) is 2. The molecule has 0 amide bonds. The van der Waals surface area contributed by atoms with Crippen LogP contribution in [-0.4, -0.2) is 25.7 Å². The van der Waals surface area contributed by atoms with Crippen LogP contribution in [0.25, 0.3) is 0 Å². The second-order valence-corrected chi connectivity index (χ2v) is 7.44. The highest BCUT2D eigenvalue weighted by atomic mass is 32.2. The average Bonchev–Trinajstić information content (AvgIpc) is 3.06. The highest BCUT2D eigenvalue weighted by molar-refractivity contribution is 7.89. The van der Waals surface area contributed by atoms with Crippen molar-refractivity contribution in [2.75, 3.05) is 7.11 Å². The summed E-state index contributed by atoms with van der Waals surface area (Å²) in [6, 6.07) is 13.1. The maximum Gasteiger partial charge on any atom is 0.241 e. The predicted octanol–water partition coefficient (Wildman–Crippen LogP) is 2.76. The Bertz CT molecular complexity index is 1000. The number of hydrogen-bond donors (Lipinski definition) is 1. The number of sulfonamides is 1. The first-order valence-electron chi connectivity index (χ1n) is 7.92. The average molecular weight is 373 g/mol. The van der Waals surface area contributed by atoms with Crippen LogP contribution in [0.1, 0.15) is 29.0 Å². The minimum Gasteiger partial charge on any atom is -0.497 e. The normalized spacial score (nSPS) is 12.7. The molecule has 1 heterocycles. The van der Waals surface area contributed by atoms with Gasteiger partial charge in [-0.15, -0.1) is 10.2 Å². The Morgan fingerprint density at radius 3 is 2.38 bits per heavy atom. The van der Waals surface area contributed by atoms with Crippen LogP contribution in [0.4, 0.5) is 0 Å². The summed E-state index contributed by atoms with van der Waals surface area (Å²) in [5.74, 6) is 1.14. The summed E-state index contributed by atoms with van der Waals surface area (Å²) >= 11 is 0. The van der Waals surface area contributed by atoms with Crippen molar-refractivity contribution >= 4 is 10.0 Å². The minimum absolute atomic E-state index is 0.162. The lowest BCUT2D eigenvalue weighted by molar-refractivity contribution is 0.414. The molecule has 1 aromatic heterocycles. The van der Waals surface area contributed by atoms with E-state index in [1.807, 2.05) is 18.2 Å². The van der Waals surface area contributed by atoms with Crippen molar-refractivity contribution in [3.63, 3.8) is 0 Å². The highest BCUT2D eigenvalue weighted by Gasteiger charge is 2.28.